The molecular weight excluding hydrogens is 192 g/mol. The second kappa shape index (κ2) is 5.04. The molecule has 0 saturated heterocycles. The Morgan fingerprint density at radius 2 is 2.13 bits per heavy atom. The Morgan fingerprint density at radius 3 is 2.60 bits per heavy atom. The summed E-state index contributed by atoms with van der Waals surface area (Å²) in [4.78, 5) is 8.54. The van der Waals surface area contributed by atoms with Gasteiger partial charge in [-0.25, -0.2) is 15.8 Å². The van der Waals surface area contributed by atoms with Gasteiger partial charge in [-0.15, -0.1) is 0 Å². The third-order valence-corrected chi connectivity index (χ3v) is 2.74. The van der Waals surface area contributed by atoms with Crippen LogP contribution in [0.4, 0.5) is 5.82 Å². The average Bonchev–Trinajstić information content (AvgIpc) is 2.32. The first-order chi connectivity index (χ1) is 7.22. The van der Waals surface area contributed by atoms with Gasteiger partial charge in [-0.3, -0.25) is 0 Å². The van der Waals surface area contributed by atoms with Gasteiger partial charge in [0.15, 0.2) is 5.82 Å². The van der Waals surface area contributed by atoms with Crippen molar-refractivity contribution in [3.05, 3.63) is 18.1 Å². The van der Waals surface area contributed by atoms with Crippen LogP contribution in [0.15, 0.2) is 12.3 Å². The van der Waals surface area contributed by atoms with Gasteiger partial charge in [-0.2, -0.15) is 0 Å². The number of nitrogens with one attached hydrogen (secondary N) is 1. The number of anilines is 1. The van der Waals surface area contributed by atoms with E-state index in [1.165, 1.54) is 0 Å². The molecule has 1 rings (SSSR count). The van der Waals surface area contributed by atoms with E-state index in [4.69, 9.17) is 10.6 Å². The highest BCUT2D eigenvalue weighted by molar-refractivity contribution is 5.31. The van der Waals surface area contributed by atoms with E-state index >= 15 is 0 Å². The molecule has 3 N–H and O–H groups in total. The van der Waals surface area contributed by atoms with Crippen LogP contribution in [0.5, 0.6) is 0 Å². The van der Waals surface area contributed by atoms with Crippen LogP contribution in [0.25, 0.3) is 0 Å². The Kier molecular flexibility index (Phi) is 3.99. The number of ether oxygens (including phenoxy) is 1. The zero-order valence-electron chi connectivity index (χ0n) is 9.45. The van der Waals surface area contributed by atoms with E-state index in [2.05, 4.69) is 29.2 Å². The molecular formula is C10H18N4O. The first kappa shape index (κ1) is 11.9. The van der Waals surface area contributed by atoms with Crippen molar-refractivity contribution >= 4 is 5.82 Å². The Morgan fingerprint density at radius 1 is 1.47 bits per heavy atom. The molecule has 15 heavy (non-hydrogen) atoms. The summed E-state index contributed by atoms with van der Waals surface area (Å²) in [5.74, 6) is 6.58. The van der Waals surface area contributed by atoms with E-state index in [0.717, 1.165) is 12.8 Å². The third kappa shape index (κ3) is 2.24. The molecule has 0 unspecified atom stereocenters. The monoisotopic (exact) mass is 210 g/mol. The number of hydrazine groups is 1. The van der Waals surface area contributed by atoms with Gasteiger partial charge in [0.25, 0.3) is 0 Å². The van der Waals surface area contributed by atoms with Gasteiger partial charge >= 0.3 is 0 Å². The van der Waals surface area contributed by atoms with E-state index in [1.54, 1.807) is 19.4 Å². The highest BCUT2D eigenvalue weighted by Crippen LogP contribution is 2.29. The molecule has 0 aromatic carbocycles. The molecule has 0 aliphatic carbocycles. The Hall–Kier alpha value is -1.20. The Balaban J connectivity index is 3.10. The van der Waals surface area contributed by atoms with Crippen LogP contribution < -0.4 is 11.3 Å². The normalized spacial score (nSPS) is 11.5. The van der Waals surface area contributed by atoms with Gasteiger partial charge in [0.1, 0.15) is 11.4 Å². The average molecular weight is 210 g/mol. The molecule has 0 spiro atoms. The van der Waals surface area contributed by atoms with Crippen LogP contribution in [0.1, 0.15) is 32.5 Å². The van der Waals surface area contributed by atoms with Gasteiger partial charge in [-0.05, 0) is 12.8 Å². The van der Waals surface area contributed by atoms with E-state index in [-0.39, 0.29) is 0 Å². The van der Waals surface area contributed by atoms with Crippen molar-refractivity contribution in [3.63, 3.8) is 0 Å². The number of hydrogen-bond acceptors (Lipinski definition) is 5. The first-order valence-electron chi connectivity index (χ1n) is 5.07. The maximum Gasteiger partial charge on any atom is 0.162 e. The zero-order valence-corrected chi connectivity index (χ0v) is 9.45. The molecule has 0 amide bonds. The number of rotatable bonds is 5. The summed E-state index contributed by atoms with van der Waals surface area (Å²) in [6.07, 6.45) is 3.33. The van der Waals surface area contributed by atoms with Gasteiger partial charge < -0.3 is 10.2 Å². The number of nitrogens with two attached hydrogens (primary N) is 1. The summed E-state index contributed by atoms with van der Waals surface area (Å²) in [5.41, 5.74) is 2.10. The number of hydrogen-bond donors (Lipinski definition) is 2. The van der Waals surface area contributed by atoms with Crippen molar-refractivity contribution < 1.29 is 4.74 Å². The van der Waals surface area contributed by atoms with Crippen LogP contribution in [0.3, 0.4) is 0 Å². The van der Waals surface area contributed by atoms with E-state index in [1.807, 2.05) is 0 Å². The quantitative estimate of drug-likeness (QED) is 0.568. The van der Waals surface area contributed by atoms with Gasteiger partial charge in [0, 0.05) is 19.4 Å². The lowest BCUT2D eigenvalue weighted by atomic mass is 9.96. The van der Waals surface area contributed by atoms with Crippen molar-refractivity contribution in [1.82, 2.24) is 9.97 Å². The van der Waals surface area contributed by atoms with E-state index in [9.17, 15) is 0 Å². The minimum atomic E-state index is -0.410. The minimum absolute atomic E-state index is 0.410. The van der Waals surface area contributed by atoms with Crippen molar-refractivity contribution in [2.45, 2.75) is 32.3 Å². The number of methoxy groups -OCH3 is 1. The third-order valence-electron chi connectivity index (χ3n) is 2.74. The summed E-state index contributed by atoms with van der Waals surface area (Å²) in [7, 11) is 1.68. The van der Waals surface area contributed by atoms with Gasteiger partial charge in [0.2, 0.25) is 0 Å². The van der Waals surface area contributed by atoms with Crippen molar-refractivity contribution in [3.8, 4) is 0 Å². The summed E-state index contributed by atoms with van der Waals surface area (Å²) in [6, 6.07) is 1.72. The molecule has 0 fully saturated rings. The SMILES string of the molecule is CCC(CC)(OC)c1nccc(NN)n1. The van der Waals surface area contributed by atoms with Gasteiger partial charge in [-0.1, -0.05) is 13.8 Å². The predicted octanol–water partition coefficient (Wildman–Crippen LogP) is 1.42. The van der Waals surface area contributed by atoms with Crippen LogP contribution in [0, 0.1) is 0 Å². The van der Waals surface area contributed by atoms with Crippen LogP contribution >= 0.6 is 0 Å². The number of aromatic nitrogens is 2. The second-order valence-corrected chi connectivity index (χ2v) is 3.32. The van der Waals surface area contributed by atoms with Gasteiger partial charge in [0.05, 0.1) is 0 Å². The molecule has 5 heteroatoms. The van der Waals surface area contributed by atoms with Crippen LogP contribution in [-0.4, -0.2) is 17.1 Å². The predicted molar refractivity (Wildman–Crippen MR) is 59.1 cm³/mol. The number of nitrogens with zero attached hydrogens (tertiary/aromatic N) is 2. The lowest BCUT2D eigenvalue weighted by Crippen LogP contribution is -2.29. The lowest BCUT2D eigenvalue weighted by molar-refractivity contribution is -0.0290. The van der Waals surface area contributed by atoms with E-state index < -0.39 is 5.60 Å². The molecule has 1 heterocycles. The topological polar surface area (TPSA) is 73.1 Å². The van der Waals surface area contributed by atoms with Crippen molar-refractivity contribution in [1.29, 1.82) is 0 Å². The fraction of sp³-hybridized carbons (Fsp3) is 0.600. The molecule has 0 saturated carbocycles. The standard InChI is InChI=1S/C10H18N4O/c1-4-10(5-2,15-3)9-12-7-6-8(13-9)14-11/h6-7H,4-5,11H2,1-3H3,(H,12,13,14). The largest absolute Gasteiger partial charge is 0.370 e. The summed E-state index contributed by atoms with van der Waals surface area (Å²) in [6.45, 7) is 4.11. The summed E-state index contributed by atoms with van der Waals surface area (Å²) >= 11 is 0. The van der Waals surface area contributed by atoms with E-state index in [0.29, 0.717) is 11.6 Å². The number of nitrogen functional groups attached to an aromatic ring is 1. The maximum atomic E-state index is 5.53. The fourth-order valence-corrected chi connectivity index (χ4v) is 1.60. The molecule has 0 bridgehead atoms. The Bertz CT molecular complexity index is 304. The maximum absolute atomic E-state index is 5.53. The molecule has 84 valence electrons. The molecule has 5 nitrogen and oxygen atoms in total. The second-order valence-electron chi connectivity index (χ2n) is 3.32. The fourth-order valence-electron chi connectivity index (χ4n) is 1.60. The molecule has 0 aliphatic heterocycles. The van der Waals surface area contributed by atoms with Crippen LogP contribution in [0.2, 0.25) is 0 Å². The minimum Gasteiger partial charge on any atom is -0.370 e. The summed E-state index contributed by atoms with van der Waals surface area (Å²) < 4.78 is 5.53. The molecule has 0 atom stereocenters. The highest BCUT2D eigenvalue weighted by atomic mass is 16.5. The highest BCUT2D eigenvalue weighted by Gasteiger charge is 2.31. The van der Waals surface area contributed by atoms with Crippen LogP contribution in [-0.2, 0) is 10.3 Å². The summed E-state index contributed by atoms with van der Waals surface area (Å²) in [5, 5.41) is 0. The van der Waals surface area contributed by atoms with Crippen molar-refractivity contribution in [2.75, 3.05) is 12.5 Å². The molecule has 0 radical (unpaired) electrons. The lowest BCUT2D eigenvalue weighted by Gasteiger charge is -2.28. The van der Waals surface area contributed by atoms with Crippen molar-refractivity contribution in [2.24, 2.45) is 5.84 Å². The molecule has 0 aliphatic rings. The molecule has 1 aromatic heterocycles. The smallest absolute Gasteiger partial charge is 0.162 e. The molecule has 1 aromatic rings. The zero-order chi connectivity index (χ0) is 11.3. The first-order valence-corrected chi connectivity index (χ1v) is 5.07. The Labute approximate surface area is 90.0 Å².